The summed E-state index contributed by atoms with van der Waals surface area (Å²) < 4.78 is 0. The maximum absolute atomic E-state index is 12.6. The second-order valence-corrected chi connectivity index (χ2v) is 7.01. The van der Waals surface area contributed by atoms with Gasteiger partial charge < -0.3 is 10.2 Å². The number of hydrogen-bond acceptors (Lipinski definition) is 2. The molecule has 1 aromatic carbocycles. The van der Waals surface area contributed by atoms with Gasteiger partial charge in [0.2, 0.25) is 5.91 Å². The maximum Gasteiger partial charge on any atom is 0.253 e. The Morgan fingerprint density at radius 2 is 1.79 bits per heavy atom. The van der Waals surface area contributed by atoms with Gasteiger partial charge >= 0.3 is 0 Å². The Hall–Kier alpha value is -1.84. The molecule has 1 fully saturated rings. The number of nitrogens with one attached hydrogen (secondary N) is 1. The van der Waals surface area contributed by atoms with Gasteiger partial charge in [-0.1, -0.05) is 39.3 Å². The third-order valence-electron chi connectivity index (χ3n) is 4.73. The van der Waals surface area contributed by atoms with Crippen molar-refractivity contribution in [3.8, 4) is 0 Å². The number of unbranched alkanes of at least 4 members (excludes halogenated alkanes) is 1. The number of amides is 2. The predicted octanol–water partition coefficient (Wildman–Crippen LogP) is 3.72. The molecule has 2 amide bonds. The van der Waals surface area contributed by atoms with Crippen molar-refractivity contribution < 1.29 is 9.59 Å². The lowest BCUT2D eigenvalue weighted by Crippen LogP contribution is -2.46. The van der Waals surface area contributed by atoms with Crippen LogP contribution in [-0.4, -0.2) is 35.8 Å². The molecule has 1 heterocycles. The minimum absolute atomic E-state index is 0.0982. The number of piperidine rings is 1. The minimum atomic E-state index is 0.0982. The first-order valence-corrected chi connectivity index (χ1v) is 9.19. The molecule has 1 saturated heterocycles. The Morgan fingerprint density at radius 3 is 2.33 bits per heavy atom. The number of benzene rings is 1. The van der Waals surface area contributed by atoms with Crippen molar-refractivity contribution in [2.45, 2.75) is 64.8 Å². The van der Waals surface area contributed by atoms with Crippen LogP contribution in [0.2, 0.25) is 0 Å². The molecule has 1 aliphatic heterocycles. The van der Waals surface area contributed by atoms with Crippen LogP contribution in [0.25, 0.3) is 0 Å². The molecule has 0 bridgehead atoms. The molecule has 4 heteroatoms. The van der Waals surface area contributed by atoms with Crippen molar-refractivity contribution in [1.29, 1.82) is 0 Å². The number of likely N-dealkylation sites (tertiary alicyclic amines) is 1. The lowest BCUT2D eigenvalue weighted by molar-refractivity contribution is -0.122. The van der Waals surface area contributed by atoms with E-state index in [1.807, 2.05) is 29.2 Å². The fourth-order valence-electron chi connectivity index (χ4n) is 3.06. The summed E-state index contributed by atoms with van der Waals surface area (Å²) in [6.45, 7) is 7.81. The summed E-state index contributed by atoms with van der Waals surface area (Å²) in [7, 11) is 0. The number of hydrogen-bond donors (Lipinski definition) is 1. The Kier molecular flexibility index (Phi) is 6.83. The summed E-state index contributed by atoms with van der Waals surface area (Å²) in [5.74, 6) is 0.716. The first-order chi connectivity index (χ1) is 11.5. The molecule has 0 aliphatic carbocycles. The second kappa shape index (κ2) is 8.86. The van der Waals surface area contributed by atoms with Crippen LogP contribution in [0.1, 0.15) is 74.7 Å². The minimum Gasteiger partial charge on any atom is -0.353 e. The molecule has 0 atom stereocenters. The zero-order chi connectivity index (χ0) is 17.5. The zero-order valence-electron chi connectivity index (χ0n) is 15.2. The van der Waals surface area contributed by atoms with Gasteiger partial charge in [-0.25, -0.2) is 0 Å². The fourth-order valence-corrected chi connectivity index (χ4v) is 3.06. The summed E-state index contributed by atoms with van der Waals surface area (Å²) in [4.78, 5) is 26.3. The number of nitrogens with zero attached hydrogens (tertiary/aromatic N) is 1. The lowest BCUT2D eigenvalue weighted by atomic mass is 10.00. The van der Waals surface area contributed by atoms with Crippen LogP contribution in [0.5, 0.6) is 0 Å². The summed E-state index contributed by atoms with van der Waals surface area (Å²) >= 11 is 0. The van der Waals surface area contributed by atoms with Crippen LogP contribution in [0.3, 0.4) is 0 Å². The standard InChI is InChI=1S/C20H30N2O2/c1-4-5-6-19(23)21-18-11-13-22(14-12-18)20(24)17-9-7-16(8-10-17)15(2)3/h7-10,15,18H,4-6,11-14H2,1-3H3,(H,21,23). The molecule has 4 nitrogen and oxygen atoms in total. The van der Waals surface area contributed by atoms with Crippen molar-refractivity contribution >= 4 is 11.8 Å². The highest BCUT2D eigenvalue weighted by Gasteiger charge is 2.24. The largest absolute Gasteiger partial charge is 0.353 e. The van der Waals surface area contributed by atoms with E-state index in [1.165, 1.54) is 5.56 Å². The van der Waals surface area contributed by atoms with Crippen molar-refractivity contribution in [1.82, 2.24) is 10.2 Å². The van der Waals surface area contributed by atoms with E-state index in [9.17, 15) is 9.59 Å². The van der Waals surface area contributed by atoms with Crippen molar-refractivity contribution in [3.63, 3.8) is 0 Å². The molecule has 1 N–H and O–H groups in total. The molecular formula is C20H30N2O2. The average molecular weight is 330 g/mol. The van der Waals surface area contributed by atoms with E-state index in [0.29, 0.717) is 25.4 Å². The highest BCUT2D eigenvalue weighted by molar-refractivity contribution is 5.94. The quantitative estimate of drug-likeness (QED) is 0.864. The number of carbonyl (C=O) groups is 2. The third kappa shape index (κ3) is 5.08. The van der Waals surface area contributed by atoms with E-state index in [2.05, 4.69) is 26.1 Å². The molecule has 132 valence electrons. The van der Waals surface area contributed by atoms with Crippen molar-refractivity contribution in [2.24, 2.45) is 0 Å². The number of rotatable bonds is 6. The van der Waals surface area contributed by atoms with Gasteiger partial charge in [0.15, 0.2) is 0 Å². The Bertz CT molecular complexity index is 543. The van der Waals surface area contributed by atoms with E-state index in [4.69, 9.17) is 0 Å². The monoisotopic (exact) mass is 330 g/mol. The molecule has 0 saturated carbocycles. The molecule has 0 aromatic heterocycles. The highest BCUT2D eigenvalue weighted by atomic mass is 16.2. The smallest absolute Gasteiger partial charge is 0.253 e. The molecule has 0 spiro atoms. The van der Waals surface area contributed by atoms with Gasteiger partial charge in [0.25, 0.3) is 5.91 Å². The van der Waals surface area contributed by atoms with Crippen LogP contribution in [0.15, 0.2) is 24.3 Å². The third-order valence-corrected chi connectivity index (χ3v) is 4.73. The fraction of sp³-hybridized carbons (Fsp3) is 0.600. The van der Waals surface area contributed by atoms with Crippen molar-refractivity contribution in [2.75, 3.05) is 13.1 Å². The lowest BCUT2D eigenvalue weighted by Gasteiger charge is -2.32. The molecule has 1 aliphatic rings. The molecule has 0 radical (unpaired) electrons. The average Bonchev–Trinajstić information content (AvgIpc) is 2.60. The molecular weight excluding hydrogens is 300 g/mol. The zero-order valence-corrected chi connectivity index (χ0v) is 15.2. The Balaban J connectivity index is 1.83. The summed E-state index contributed by atoms with van der Waals surface area (Å²) in [5.41, 5.74) is 2.00. The van der Waals surface area contributed by atoms with Crippen molar-refractivity contribution in [3.05, 3.63) is 35.4 Å². The van der Waals surface area contributed by atoms with Gasteiger partial charge in [0.1, 0.15) is 0 Å². The van der Waals surface area contributed by atoms with Gasteiger partial charge in [0, 0.05) is 31.1 Å². The second-order valence-electron chi connectivity index (χ2n) is 7.01. The summed E-state index contributed by atoms with van der Waals surface area (Å²) in [5, 5.41) is 3.10. The van der Waals surface area contributed by atoms with Crippen LogP contribution >= 0.6 is 0 Å². The van der Waals surface area contributed by atoms with Gasteiger partial charge in [-0.2, -0.15) is 0 Å². The Labute approximate surface area is 145 Å². The SMILES string of the molecule is CCCCC(=O)NC1CCN(C(=O)c2ccc(C(C)C)cc2)CC1. The highest BCUT2D eigenvalue weighted by Crippen LogP contribution is 2.18. The van der Waals surface area contributed by atoms with E-state index < -0.39 is 0 Å². The van der Waals surface area contributed by atoms with E-state index in [-0.39, 0.29) is 17.9 Å². The van der Waals surface area contributed by atoms with Gasteiger partial charge in [-0.05, 0) is 42.9 Å². The van der Waals surface area contributed by atoms with Crippen LogP contribution in [0, 0.1) is 0 Å². The maximum atomic E-state index is 12.6. The molecule has 24 heavy (non-hydrogen) atoms. The van der Waals surface area contributed by atoms with Gasteiger partial charge in [0.05, 0.1) is 0 Å². The molecule has 1 aromatic rings. The number of carbonyl (C=O) groups excluding carboxylic acids is 2. The van der Waals surface area contributed by atoms with E-state index >= 15 is 0 Å². The molecule has 2 rings (SSSR count). The van der Waals surface area contributed by atoms with Gasteiger partial charge in [-0.3, -0.25) is 9.59 Å². The van der Waals surface area contributed by atoms with Gasteiger partial charge in [-0.15, -0.1) is 0 Å². The van der Waals surface area contributed by atoms with Crippen LogP contribution in [0.4, 0.5) is 0 Å². The summed E-state index contributed by atoms with van der Waals surface area (Å²) in [6.07, 6.45) is 4.27. The predicted molar refractivity (Wildman–Crippen MR) is 97.1 cm³/mol. The first-order valence-electron chi connectivity index (χ1n) is 9.19. The van der Waals surface area contributed by atoms with Crippen LogP contribution in [-0.2, 0) is 4.79 Å². The van der Waals surface area contributed by atoms with Crippen LogP contribution < -0.4 is 5.32 Å². The molecule has 0 unspecified atom stereocenters. The topological polar surface area (TPSA) is 49.4 Å². The van der Waals surface area contributed by atoms with E-state index in [0.717, 1.165) is 31.2 Å². The normalized spacial score (nSPS) is 15.6. The summed E-state index contributed by atoms with van der Waals surface area (Å²) in [6, 6.07) is 8.14. The van der Waals surface area contributed by atoms with E-state index in [1.54, 1.807) is 0 Å². The Morgan fingerprint density at radius 1 is 1.17 bits per heavy atom. The first kappa shape index (κ1) is 18.5.